The maximum atomic E-state index is 13.5. The molecule has 0 heterocycles. The highest BCUT2D eigenvalue weighted by atomic mass is 16.6. The molecule has 0 radical (unpaired) electrons. The minimum atomic E-state index is -2.32. The summed E-state index contributed by atoms with van der Waals surface area (Å²) in [7, 11) is 0. The van der Waals surface area contributed by atoms with Crippen LogP contribution in [0, 0.1) is 34.0 Å². The number of rotatable bonds is 8. The lowest BCUT2D eigenvalue weighted by Gasteiger charge is -2.38. The summed E-state index contributed by atoms with van der Waals surface area (Å²) in [6.07, 6.45) is 8.09. The molecule has 0 atom stereocenters. The predicted octanol–water partition coefficient (Wildman–Crippen LogP) is 7.94. The summed E-state index contributed by atoms with van der Waals surface area (Å²) >= 11 is 0. The van der Waals surface area contributed by atoms with Gasteiger partial charge in [0.1, 0.15) is 18.3 Å². The van der Waals surface area contributed by atoms with Crippen LogP contribution in [0.25, 0.3) is 0 Å². The Kier molecular flexibility index (Phi) is 11.8. The van der Waals surface area contributed by atoms with Gasteiger partial charge in [0.2, 0.25) is 0 Å². The van der Waals surface area contributed by atoms with Gasteiger partial charge < -0.3 is 19.3 Å². The molecular formula is C36H62O7. The normalized spacial score (nSPS) is 30.6. The van der Waals surface area contributed by atoms with Crippen molar-refractivity contribution in [2.75, 3.05) is 0 Å². The smallest absolute Gasteiger partial charge is 0.339 e. The van der Waals surface area contributed by atoms with E-state index in [-0.39, 0.29) is 34.6 Å². The zero-order valence-electron chi connectivity index (χ0n) is 28.8. The van der Waals surface area contributed by atoms with Gasteiger partial charge >= 0.3 is 17.9 Å². The average molecular weight is 607 g/mol. The molecule has 0 aliphatic heterocycles. The molecule has 3 aliphatic carbocycles. The molecule has 1 N–H and O–H groups in total. The standard InChI is InChI=1S/C36H62O7/c1-33(2,3)24-10-16-27(17-11-24)41-30(37)22-36(40,32(39)43-29-20-14-26(15-21-29)35(7,8)9)23-31(38)42-28-18-12-25(13-19-28)34(4,5)6/h24-29,40H,10-23H2,1-9H3. The van der Waals surface area contributed by atoms with E-state index < -0.39 is 36.4 Å². The average Bonchev–Trinajstić information content (AvgIpc) is 2.87. The summed E-state index contributed by atoms with van der Waals surface area (Å²) < 4.78 is 17.3. The van der Waals surface area contributed by atoms with E-state index in [4.69, 9.17) is 14.2 Å². The number of hydrogen-bond donors (Lipinski definition) is 1. The van der Waals surface area contributed by atoms with Gasteiger partial charge in [0, 0.05) is 0 Å². The fourth-order valence-electron chi connectivity index (χ4n) is 7.54. The molecule has 0 spiro atoms. The predicted molar refractivity (Wildman–Crippen MR) is 168 cm³/mol. The van der Waals surface area contributed by atoms with Crippen LogP contribution >= 0.6 is 0 Å². The molecule has 3 fully saturated rings. The lowest BCUT2D eigenvalue weighted by molar-refractivity contribution is -0.186. The van der Waals surface area contributed by atoms with Crippen LogP contribution in [0.5, 0.6) is 0 Å². The summed E-state index contributed by atoms with van der Waals surface area (Å²) in [5.74, 6) is -0.601. The molecule has 7 heteroatoms. The number of ether oxygens (including phenoxy) is 3. The third-order valence-corrected chi connectivity index (χ3v) is 10.8. The van der Waals surface area contributed by atoms with Gasteiger partial charge in [-0.05, 0) is 111 Å². The van der Waals surface area contributed by atoms with Crippen molar-refractivity contribution in [3.63, 3.8) is 0 Å². The third-order valence-electron chi connectivity index (χ3n) is 10.8. The van der Waals surface area contributed by atoms with Gasteiger partial charge in [-0.2, -0.15) is 0 Å². The van der Waals surface area contributed by atoms with Crippen LogP contribution in [-0.2, 0) is 28.6 Å². The Hall–Kier alpha value is -1.63. The van der Waals surface area contributed by atoms with Crippen molar-refractivity contribution in [2.24, 2.45) is 34.0 Å². The van der Waals surface area contributed by atoms with Gasteiger partial charge in [-0.25, -0.2) is 4.79 Å². The molecule has 0 bridgehead atoms. The first-order chi connectivity index (χ1) is 19.8. The maximum Gasteiger partial charge on any atom is 0.339 e. The molecule has 7 nitrogen and oxygen atoms in total. The maximum absolute atomic E-state index is 13.5. The fraction of sp³-hybridized carbons (Fsp3) is 0.917. The van der Waals surface area contributed by atoms with Crippen molar-refractivity contribution in [1.82, 2.24) is 0 Å². The molecule has 3 rings (SSSR count). The monoisotopic (exact) mass is 606 g/mol. The zero-order chi connectivity index (χ0) is 32.2. The minimum absolute atomic E-state index is 0.182. The first kappa shape index (κ1) is 35.8. The van der Waals surface area contributed by atoms with Crippen LogP contribution in [0.2, 0.25) is 0 Å². The van der Waals surface area contributed by atoms with E-state index in [9.17, 15) is 19.5 Å². The molecule has 43 heavy (non-hydrogen) atoms. The van der Waals surface area contributed by atoms with Gasteiger partial charge in [0.05, 0.1) is 12.8 Å². The Morgan fingerprint density at radius 3 is 1.00 bits per heavy atom. The quantitative estimate of drug-likeness (QED) is 0.221. The highest BCUT2D eigenvalue weighted by Crippen LogP contribution is 2.41. The van der Waals surface area contributed by atoms with Gasteiger partial charge in [-0.1, -0.05) is 62.3 Å². The Balaban J connectivity index is 1.62. The Morgan fingerprint density at radius 2 is 0.744 bits per heavy atom. The van der Waals surface area contributed by atoms with E-state index in [1.165, 1.54) is 0 Å². The third kappa shape index (κ3) is 10.7. The second-order valence-electron chi connectivity index (χ2n) is 17.3. The van der Waals surface area contributed by atoms with Crippen LogP contribution in [0.3, 0.4) is 0 Å². The molecule has 0 aromatic rings. The topological polar surface area (TPSA) is 99.1 Å². The van der Waals surface area contributed by atoms with Crippen LogP contribution < -0.4 is 0 Å². The molecule has 0 saturated heterocycles. The van der Waals surface area contributed by atoms with Crippen LogP contribution in [0.15, 0.2) is 0 Å². The van der Waals surface area contributed by atoms with Crippen molar-refractivity contribution in [3.05, 3.63) is 0 Å². The van der Waals surface area contributed by atoms with E-state index in [1.54, 1.807) is 0 Å². The molecule has 0 unspecified atom stereocenters. The van der Waals surface area contributed by atoms with Crippen molar-refractivity contribution in [1.29, 1.82) is 0 Å². The van der Waals surface area contributed by atoms with Crippen molar-refractivity contribution in [2.45, 2.75) is 176 Å². The number of carbonyl (C=O) groups is 3. The second-order valence-corrected chi connectivity index (χ2v) is 17.3. The molecule has 3 aliphatic rings. The Bertz CT molecular complexity index is 876. The number of carbonyl (C=O) groups excluding carboxylic acids is 3. The Labute approximate surface area is 261 Å². The van der Waals surface area contributed by atoms with E-state index in [0.29, 0.717) is 30.6 Å². The number of esters is 3. The highest BCUT2D eigenvalue weighted by Gasteiger charge is 2.46. The highest BCUT2D eigenvalue weighted by molar-refractivity contribution is 5.90. The largest absolute Gasteiger partial charge is 0.462 e. The lowest BCUT2D eigenvalue weighted by Crippen LogP contribution is -2.47. The molecule has 0 aromatic carbocycles. The van der Waals surface area contributed by atoms with Crippen molar-refractivity contribution >= 4 is 17.9 Å². The van der Waals surface area contributed by atoms with E-state index in [2.05, 4.69) is 62.3 Å². The van der Waals surface area contributed by atoms with E-state index in [1.807, 2.05) is 0 Å². The van der Waals surface area contributed by atoms with Crippen LogP contribution in [-0.4, -0.2) is 46.9 Å². The summed E-state index contributed by atoms with van der Waals surface area (Å²) in [6.45, 7) is 20.1. The van der Waals surface area contributed by atoms with E-state index >= 15 is 0 Å². The Morgan fingerprint density at radius 1 is 0.488 bits per heavy atom. The van der Waals surface area contributed by atoms with Gasteiger partial charge in [0.25, 0.3) is 0 Å². The van der Waals surface area contributed by atoms with Gasteiger partial charge in [-0.3, -0.25) is 9.59 Å². The summed E-state index contributed by atoms with van der Waals surface area (Å²) in [5.41, 5.74) is -1.73. The zero-order valence-corrected chi connectivity index (χ0v) is 28.8. The number of aliphatic hydroxyl groups is 1. The summed E-state index contributed by atoms with van der Waals surface area (Å²) in [6, 6.07) is 0. The van der Waals surface area contributed by atoms with E-state index in [0.717, 1.165) is 64.2 Å². The number of hydrogen-bond acceptors (Lipinski definition) is 7. The van der Waals surface area contributed by atoms with Crippen LogP contribution in [0.4, 0.5) is 0 Å². The molecule has 0 amide bonds. The summed E-state index contributed by atoms with van der Waals surface area (Å²) in [5, 5.41) is 11.6. The first-order valence-electron chi connectivity index (χ1n) is 17.1. The fourth-order valence-corrected chi connectivity index (χ4v) is 7.54. The van der Waals surface area contributed by atoms with Gasteiger partial charge in [-0.15, -0.1) is 0 Å². The lowest BCUT2D eigenvalue weighted by atomic mass is 9.72. The minimum Gasteiger partial charge on any atom is -0.462 e. The molecule has 3 saturated carbocycles. The molecule has 248 valence electrons. The van der Waals surface area contributed by atoms with Crippen molar-refractivity contribution < 1.29 is 33.7 Å². The SMILES string of the molecule is CC(C)(C)C1CCC(OC(=O)CC(O)(CC(=O)OC2CCC(C(C)(C)C)CC2)C(=O)OC2CCC(C(C)(C)C)CC2)CC1. The second kappa shape index (κ2) is 14.2. The van der Waals surface area contributed by atoms with Crippen LogP contribution in [0.1, 0.15) is 152 Å². The molecular weight excluding hydrogens is 544 g/mol. The molecule has 0 aromatic heterocycles. The summed E-state index contributed by atoms with van der Waals surface area (Å²) in [4.78, 5) is 39.7. The van der Waals surface area contributed by atoms with Crippen molar-refractivity contribution in [3.8, 4) is 0 Å². The van der Waals surface area contributed by atoms with Gasteiger partial charge in [0.15, 0.2) is 5.60 Å². The first-order valence-corrected chi connectivity index (χ1v) is 17.1.